The van der Waals surface area contributed by atoms with Crippen LogP contribution in [0.3, 0.4) is 0 Å². The number of methoxy groups -OCH3 is 2. The predicted octanol–water partition coefficient (Wildman–Crippen LogP) is 4.49. The van der Waals surface area contributed by atoms with Crippen LogP contribution in [0.25, 0.3) is 0 Å². The number of halogens is 2. The molecule has 2 nitrogen and oxygen atoms in total. The Balaban J connectivity index is 2.02. The summed E-state index contributed by atoms with van der Waals surface area (Å²) in [4.78, 5) is 0. The van der Waals surface area contributed by atoms with Crippen molar-refractivity contribution in [2.75, 3.05) is 14.2 Å². The van der Waals surface area contributed by atoms with E-state index in [1.165, 1.54) is 11.1 Å². The average Bonchev–Trinajstić information content (AvgIpc) is 2.48. The van der Waals surface area contributed by atoms with Gasteiger partial charge in [0.15, 0.2) is 0 Å². The molecule has 0 spiro atoms. The van der Waals surface area contributed by atoms with Gasteiger partial charge in [-0.3, -0.25) is 0 Å². The number of benzene rings is 2. The fourth-order valence-electron chi connectivity index (χ4n) is 2.15. The summed E-state index contributed by atoms with van der Waals surface area (Å²) in [6, 6.07) is 15.9. The van der Waals surface area contributed by atoms with Crippen molar-refractivity contribution in [2.24, 2.45) is 0 Å². The quantitative estimate of drug-likeness (QED) is 0.627. The molecule has 0 saturated heterocycles. The molecule has 21 heavy (non-hydrogen) atoms. The normalized spacial score (nSPS) is 11.2. The van der Waals surface area contributed by atoms with Gasteiger partial charge in [-0.25, -0.2) is 0 Å². The van der Waals surface area contributed by atoms with Crippen LogP contribution >= 0.6 is 17.8 Å². The first kappa shape index (κ1) is 16.8. The van der Waals surface area contributed by atoms with Crippen molar-refractivity contribution >= 4 is 34.0 Å². The molecule has 2 aromatic carbocycles. The topological polar surface area (TPSA) is 18.5 Å². The van der Waals surface area contributed by atoms with E-state index in [1.807, 2.05) is 48.5 Å². The minimum atomic E-state index is -3.16. The molecule has 0 saturated carbocycles. The molecule has 0 bridgehead atoms. The number of hydrogen-bond acceptors (Lipinski definition) is 2. The molecule has 0 aliphatic heterocycles. The summed E-state index contributed by atoms with van der Waals surface area (Å²) in [5.41, 5.74) is 2.34. The Morgan fingerprint density at radius 3 is 1.33 bits per heavy atom. The maximum absolute atomic E-state index is 6.67. The van der Waals surface area contributed by atoms with Crippen LogP contribution in [0.4, 0.5) is 0 Å². The van der Waals surface area contributed by atoms with E-state index in [0.717, 1.165) is 20.4 Å². The Morgan fingerprint density at radius 2 is 1.05 bits per heavy atom. The van der Waals surface area contributed by atoms with Gasteiger partial charge in [0.05, 0.1) is 0 Å². The van der Waals surface area contributed by atoms with Gasteiger partial charge in [-0.2, -0.15) is 0 Å². The Labute approximate surface area is 137 Å². The Bertz CT molecular complexity index is 516. The third-order valence-electron chi connectivity index (χ3n) is 3.24. The zero-order valence-corrected chi connectivity index (χ0v) is 16.5. The molecule has 0 fully saturated rings. The summed E-state index contributed by atoms with van der Waals surface area (Å²) in [6.45, 7) is 0. The number of hydrogen-bond donors (Lipinski definition) is 0. The SMILES string of the molecule is COc1ccc([CH2][Sn]([Cl])([Cl])[CH2]c2ccc(OC)cc2)cc1. The molecule has 0 unspecified atom stereocenters. The summed E-state index contributed by atoms with van der Waals surface area (Å²) >= 11 is -3.16. The van der Waals surface area contributed by atoms with Crippen LogP contribution in [-0.2, 0) is 8.87 Å². The number of rotatable bonds is 6. The van der Waals surface area contributed by atoms with Gasteiger partial charge in [0.1, 0.15) is 0 Å². The monoisotopic (exact) mass is 432 g/mol. The molecule has 5 heteroatoms. The molecule has 0 aromatic heterocycles. The van der Waals surface area contributed by atoms with Gasteiger partial charge >= 0.3 is 138 Å². The van der Waals surface area contributed by atoms with Crippen LogP contribution in [-0.4, -0.2) is 30.3 Å². The summed E-state index contributed by atoms with van der Waals surface area (Å²) in [5, 5.41) is 0. The number of ether oxygens (including phenoxy) is 2. The van der Waals surface area contributed by atoms with Gasteiger partial charge in [-0.1, -0.05) is 0 Å². The zero-order chi connectivity index (χ0) is 15.3. The van der Waals surface area contributed by atoms with E-state index in [2.05, 4.69) is 0 Å². The van der Waals surface area contributed by atoms with E-state index in [0.29, 0.717) is 0 Å². The standard InChI is InChI=1S/2C8H9O.2ClH.Sn/c2*1-7-3-5-8(9-2)6-4-7;;;/h2*3-6H,1H2,2H3;2*1H;/q;;;;+2/p-2. The second-order valence-electron chi connectivity index (χ2n) is 4.91. The Hall–Kier alpha value is -0.581. The maximum atomic E-state index is 6.67. The Morgan fingerprint density at radius 1 is 0.714 bits per heavy atom. The van der Waals surface area contributed by atoms with Gasteiger partial charge in [-0.15, -0.1) is 0 Å². The van der Waals surface area contributed by atoms with Crippen molar-refractivity contribution in [3.63, 3.8) is 0 Å². The van der Waals surface area contributed by atoms with Crippen molar-refractivity contribution < 1.29 is 9.47 Å². The third-order valence-corrected chi connectivity index (χ3v) is 12.1. The molecule has 0 atom stereocenters. The summed E-state index contributed by atoms with van der Waals surface area (Å²) < 4.78 is 11.9. The predicted molar refractivity (Wildman–Crippen MR) is 90.9 cm³/mol. The molecule has 0 radical (unpaired) electrons. The fraction of sp³-hybridized carbons (Fsp3) is 0.250. The van der Waals surface area contributed by atoms with E-state index < -0.39 is 16.1 Å². The molecule has 112 valence electrons. The van der Waals surface area contributed by atoms with Crippen LogP contribution in [0.5, 0.6) is 11.5 Å². The minimum absolute atomic E-state index is 0.786. The van der Waals surface area contributed by atoms with E-state index in [-0.39, 0.29) is 0 Å². The molecule has 0 N–H and O–H groups in total. The van der Waals surface area contributed by atoms with Crippen LogP contribution < -0.4 is 9.47 Å². The molecule has 0 heterocycles. The fourth-order valence-corrected chi connectivity index (χ4v) is 11.4. The molecule has 0 aliphatic carbocycles. The average molecular weight is 432 g/mol. The van der Waals surface area contributed by atoms with Gasteiger partial charge < -0.3 is 0 Å². The van der Waals surface area contributed by atoms with Crippen molar-refractivity contribution in [3.8, 4) is 11.5 Å². The Kier molecular flexibility index (Phi) is 6.08. The molecular weight excluding hydrogens is 414 g/mol. The summed E-state index contributed by atoms with van der Waals surface area (Å²) in [5.74, 6) is 1.69. The van der Waals surface area contributed by atoms with Crippen molar-refractivity contribution in [1.29, 1.82) is 0 Å². The summed E-state index contributed by atoms with van der Waals surface area (Å²) in [6.07, 6.45) is 0. The van der Waals surface area contributed by atoms with E-state index in [1.54, 1.807) is 14.2 Å². The van der Waals surface area contributed by atoms with Gasteiger partial charge in [0.25, 0.3) is 0 Å². The summed E-state index contributed by atoms with van der Waals surface area (Å²) in [7, 11) is 16.6. The molecule has 0 aliphatic rings. The van der Waals surface area contributed by atoms with Crippen molar-refractivity contribution in [1.82, 2.24) is 0 Å². The van der Waals surface area contributed by atoms with E-state index in [4.69, 9.17) is 27.3 Å². The first-order chi connectivity index (χ1) is 10.0. The van der Waals surface area contributed by atoms with Crippen LogP contribution in [0.15, 0.2) is 48.5 Å². The molecule has 2 aromatic rings. The molecule has 2 rings (SSSR count). The zero-order valence-electron chi connectivity index (χ0n) is 12.1. The third kappa shape index (κ3) is 5.28. The van der Waals surface area contributed by atoms with Crippen LogP contribution in [0.2, 0.25) is 0 Å². The van der Waals surface area contributed by atoms with Gasteiger partial charge in [-0.05, 0) is 0 Å². The van der Waals surface area contributed by atoms with Crippen molar-refractivity contribution in [2.45, 2.75) is 8.87 Å². The van der Waals surface area contributed by atoms with Crippen LogP contribution in [0, 0.1) is 0 Å². The van der Waals surface area contributed by atoms with E-state index >= 15 is 0 Å². The second-order valence-corrected chi connectivity index (χ2v) is 22.8. The van der Waals surface area contributed by atoms with E-state index in [9.17, 15) is 0 Å². The van der Waals surface area contributed by atoms with Gasteiger partial charge in [0.2, 0.25) is 0 Å². The molecule has 0 amide bonds. The van der Waals surface area contributed by atoms with Gasteiger partial charge in [0, 0.05) is 0 Å². The second kappa shape index (κ2) is 7.61. The van der Waals surface area contributed by atoms with Crippen LogP contribution in [0.1, 0.15) is 11.1 Å². The molecular formula is C16H18Cl2O2Sn. The van der Waals surface area contributed by atoms with Crippen molar-refractivity contribution in [3.05, 3.63) is 59.7 Å². The first-order valence-electron chi connectivity index (χ1n) is 6.66. The first-order valence-corrected chi connectivity index (χ1v) is 17.9.